The number of rotatable bonds is 4. The quantitative estimate of drug-likeness (QED) is 0.742. The van der Waals surface area contributed by atoms with Crippen molar-refractivity contribution in [3.05, 3.63) is 65.7 Å². The summed E-state index contributed by atoms with van der Waals surface area (Å²) in [7, 11) is 0. The molecule has 1 saturated heterocycles. The van der Waals surface area contributed by atoms with Gasteiger partial charge in [0.05, 0.1) is 11.0 Å². The van der Waals surface area contributed by atoms with E-state index in [9.17, 15) is 9.18 Å². The van der Waals surface area contributed by atoms with Crippen LogP contribution in [-0.2, 0) is 6.54 Å². The van der Waals surface area contributed by atoms with Crippen LogP contribution in [0.3, 0.4) is 0 Å². The summed E-state index contributed by atoms with van der Waals surface area (Å²) in [6.45, 7) is 2.25. The van der Waals surface area contributed by atoms with Crippen molar-refractivity contribution >= 4 is 16.8 Å². The fourth-order valence-electron chi connectivity index (χ4n) is 3.46. The third kappa shape index (κ3) is 3.20. The van der Waals surface area contributed by atoms with Crippen molar-refractivity contribution in [2.24, 2.45) is 5.92 Å². The van der Waals surface area contributed by atoms with E-state index in [0.717, 1.165) is 42.5 Å². The molecule has 128 valence electrons. The van der Waals surface area contributed by atoms with Gasteiger partial charge in [-0.3, -0.25) is 4.79 Å². The van der Waals surface area contributed by atoms with E-state index in [2.05, 4.69) is 10.3 Å². The molecule has 2 heterocycles. The van der Waals surface area contributed by atoms with Crippen LogP contribution >= 0.6 is 0 Å². The maximum Gasteiger partial charge on any atom is 0.201 e. The Hall–Kier alpha value is -2.53. The second kappa shape index (κ2) is 6.76. The zero-order valence-electron chi connectivity index (χ0n) is 13.9. The topological polar surface area (TPSA) is 46.9 Å². The number of carbonyl (C=O) groups excluding carboxylic acids is 1. The van der Waals surface area contributed by atoms with E-state index in [1.165, 1.54) is 12.1 Å². The Balaban J connectivity index is 1.75. The van der Waals surface area contributed by atoms with E-state index >= 15 is 0 Å². The molecule has 1 aliphatic rings. The first kappa shape index (κ1) is 16.0. The lowest BCUT2D eigenvalue weighted by molar-refractivity contribution is 0.0880. The fraction of sp³-hybridized carbons (Fsp3) is 0.300. The van der Waals surface area contributed by atoms with Crippen LogP contribution < -0.4 is 5.32 Å². The fourth-order valence-corrected chi connectivity index (χ4v) is 3.46. The number of hydrogen-bond acceptors (Lipinski definition) is 3. The molecule has 4 rings (SSSR count). The summed E-state index contributed by atoms with van der Waals surface area (Å²) in [5, 5.41) is 3.29. The maximum absolute atomic E-state index is 13.2. The molecule has 1 aromatic heterocycles. The average molecular weight is 337 g/mol. The highest BCUT2D eigenvalue weighted by atomic mass is 19.1. The van der Waals surface area contributed by atoms with Gasteiger partial charge in [-0.15, -0.1) is 0 Å². The van der Waals surface area contributed by atoms with Gasteiger partial charge in [0.1, 0.15) is 5.82 Å². The zero-order chi connectivity index (χ0) is 17.2. The molecular formula is C20H20FN3O. The van der Waals surface area contributed by atoms with Crippen LogP contribution in [0.15, 0.2) is 48.5 Å². The first-order valence-electron chi connectivity index (χ1n) is 8.67. The number of hydrogen-bond donors (Lipinski definition) is 1. The number of fused-ring (bicyclic) bond motifs is 1. The van der Waals surface area contributed by atoms with Crippen LogP contribution in [0.25, 0.3) is 11.0 Å². The summed E-state index contributed by atoms with van der Waals surface area (Å²) in [5.41, 5.74) is 2.70. The Bertz CT molecular complexity index is 895. The Morgan fingerprint density at radius 3 is 2.60 bits per heavy atom. The number of para-hydroxylation sites is 2. The number of nitrogens with one attached hydrogen (secondary N) is 1. The highest BCUT2D eigenvalue weighted by Gasteiger charge is 2.27. The molecule has 4 nitrogen and oxygen atoms in total. The highest BCUT2D eigenvalue weighted by molar-refractivity contribution is 5.98. The highest BCUT2D eigenvalue weighted by Crippen LogP contribution is 2.23. The van der Waals surface area contributed by atoms with Gasteiger partial charge >= 0.3 is 0 Å². The first-order valence-corrected chi connectivity index (χ1v) is 8.67. The maximum atomic E-state index is 13.2. The molecule has 2 aromatic carbocycles. The Labute approximate surface area is 145 Å². The summed E-state index contributed by atoms with van der Waals surface area (Å²) in [5.74, 6) is 0.382. The van der Waals surface area contributed by atoms with E-state index in [4.69, 9.17) is 0 Å². The summed E-state index contributed by atoms with van der Waals surface area (Å²) in [6, 6.07) is 14.2. The molecule has 1 fully saturated rings. The lowest BCUT2D eigenvalue weighted by Gasteiger charge is -2.21. The van der Waals surface area contributed by atoms with E-state index < -0.39 is 0 Å². The van der Waals surface area contributed by atoms with Gasteiger partial charge in [-0.2, -0.15) is 0 Å². The number of imidazole rings is 1. The third-order valence-corrected chi connectivity index (χ3v) is 4.84. The molecular weight excluding hydrogens is 317 g/mol. The van der Waals surface area contributed by atoms with Crippen LogP contribution in [0.2, 0.25) is 0 Å². The summed E-state index contributed by atoms with van der Waals surface area (Å²) in [6.07, 6.45) is 1.69. The molecule has 3 aromatic rings. The van der Waals surface area contributed by atoms with Gasteiger partial charge < -0.3 is 9.88 Å². The van der Waals surface area contributed by atoms with Gasteiger partial charge in [0.15, 0.2) is 5.82 Å². The minimum absolute atomic E-state index is 0.0185. The van der Waals surface area contributed by atoms with E-state index in [-0.39, 0.29) is 17.5 Å². The second-order valence-electron chi connectivity index (χ2n) is 6.53. The minimum atomic E-state index is -0.259. The van der Waals surface area contributed by atoms with Gasteiger partial charge in [0.2, 0.25) is 5.78 Å². The van der Waals surface area contributed by atoms with E-state index in [0.29, 0.717) is 12.4 Å². The number of ketones is 1. The van der Waals surface area contributed by atoms with E-state index in [1.54, 1.807) is 12.1 Å². The van der Waals surface area contributed by atoms with Crippen LogP contribution in [0, 0.1) is 11.7 Å². The van der Waals surface area contributed by atoms with Crippen molar-refractivity contribution in [1.82, 2.24) is 14.9 Å². The van der Waals surface area contributed by atoms with E-state index in [1.807, 2.05) is 28.8 Å². The number of nitrogens with zero attached hydrogens (tertiary/aromatic N) is 2. The molecule has 1 N–H and O–H groups in total. The second-order valence-corrected chi connectivity index (χ2v) is 6.53. The Morgan fingerprint density at radius 1 is 1.12 bits per heavy atom. The number of aromatic nitrogens is 2. The number of Topliss-reactive ketones (excluding diaryl/α,β-unsaturated/α-hetero) is 1. The molecule has 0 spiro atoms. The normalized spacial score (nSPS) is 15.6. The molecule has 0 atom stereocenters. The van der Waals surface area contributed by atoms with Crippen molar-refractivity contribution < 1.29 is 9.18 Å². The predicted molar refractivity (Wildman–Crippen MR) is 95.2 cm³/mol. The molecule has 25 heavy (non-hydrogen) atoms. The van der Waals surface area contributed by atoms with Gasteiger partial charge in [-0.25, -0.2) is 9.37 Å². The van der Waals surface area contributed by atoms with Crippen LogP contribution in [0.1, 0.15) is 29.0 Å². The van der Waals surface area contributed by atoms with Crippen LogP contribution in [0.4, 0.5) is 4.39 Å². The standard InChI is InChI=1S/C20H20FN3O/c21-16-7-5-14(6-8-16)13-24-18-4-2-1-3-17(18)23-20(24)19(25)15-9-11-22-12-10-15/h1-8,15,22H,9-13H2. The number of halogens is 1. The van der Waals surface area contributed by atoms with Crippen molar-refractivity contribution in [3.8, 4) is 0 Å². The number of carbonyl (C=O) groups is 1. The molecule has 1 aliphatic heterocycles. The van der Waals surface area contributed by atoms with Crippen LogP contribution in [0.5, 0.6) is 0 Å². The molecule has 0 aliphatic carbocycles. The van der Waals surface area contributed by atoms with Gasteiger partial charge in [-0.1, -0.05) is 24.3 Å². The Morgan fingerprint density at radius 2 is 1.84 bits per heavy atom. The van der Waals surface area contributed by atoms with Gasteiger partial charge in [0.25, 0.3) is 0 Å². The zero-order valence-corrected chi connectivity index (χ0v) is 13.9. The summed E-state index contributed by atoms with van der Waals surface area (Å²) >= 11 is 0. The number of benzene rings is 2. The van der Waals surface area contributed by atoms with Crippen molar-refractivity contribution in [3.63, 3.8) is 0 Å². The number of piperidine rings is 1. The lowest BCUT2D eigenvalue weighted by atomic mass is 9.93. The third-order valence-electron chi connectivity index (χ3n) is 4.84. The van der Waals surface area contributed by atoms with Gasteiger partial charge in [0, 0.05) is 12.5 Å². The monoisotopic (exact) mass is 337 g/mol. The first-order chi connectivity index (χ1) is 12.2. The largest absolute Gasteiger partial charge is 0.317 e. The predicted octanol–water partition coefficient (Wildman–Crippen LogP) is 3.41. The molecule has 0 bridgehead atoms. The van der Waals surface area contributed by atoms with Gasteiger partial charge in [-0.05, 0) is 55.8 Å². The molecule has 0 unspecified atom stereocenters. The summed E-state index contributed by atoms with van der Waals surface area (Å²) < 4.78 is 15.2. The molecule has 0 radical (unpaired) electrons. The van der Waals surface area contributed by atoms with Crippen molar-refractivity contribution in [2.45, 2.75) is 19.4 Å². The lowest BCUT2D eigenvalue weighted by Crippen LogP contribution is -2.33. The Kier molecular flexibility index (Phi) is 4.32. The molecule has 0 saturated carbocycles. The van der Waals surface area contributed by atoms with Crippen molar-refractivity contribution in [2.75, 3.05) is 13.1 Å². The minimum Gasteiger partial charge on any atom is -0.317 e. The summed E-state index contributed by atoms with van der Waals surface area (Å²) in [4.78, 5) is 17.7. The van der Waals surface area contributed by atoms with Crippen molar-refractivity contribution in [1.29, 1.82) is 0 Å². The molecule has 0 amide bonds. The smallest absolute Gasteiger partial charge is 0.201 e. The average Bonchev–Trinajstić information content (AvgIpc) is 3.02. The van der Waals surface area contributed by atoms with Crippen LogP contribution in [-0.4, -0.2) is 28.4 Å². The SMILES string of the molecule is O=C(c1nc2ccccc2n1Cc1ccc(F)cc1)C1CCNCC1. The molecule has 5 heteroatoms.